The smallest absolute Gasteiger partial charge is 0.152 e. The Morgan fingerprint density at radius 2 is 1.54 bits per heavy atom. The fraction of sp³-hybridized carbons (Fsp3) is 0.105. The third kappa shape index (κ3) is 2.86. The van der Waals surface area contributed by atoms with E-state index in [2.05, 4.69) is 37.8 Å². The average Bonchev–Trinajstić information content (AvgIpc) is 3.03. The van der Waals surface area contributed by atoms with Gasteiger partial charge in [-0.05, 0) is 38.1 Å². The van der Waals surface area contributed by atoms with Crippen LogP contribution in [0.3, 0.4) is 0 Å². The molecule has 0 radical (unpaired) electrons. The Labute approximate surface area is 144 Å². The Kier molecular flexibility index (Phi) is 3.70. The van der Waals surface area contributed by atoms with E-state index in [4.69, 9.17) is 0 Å². The highest BCUT2D eigenvalue weighted by atomic mass is 32.1. The van der Waals surface area contributed by atoms with Crippen molar-refractivity contribution in [2.75, 3.05) is 5.32 Å². The molecule has 4 nitrogen and oxygen atoms in total. The summed E-state index contributed by atoms with van der Waals surface area (Å²) in [6.45, 7) is 3.99. The highest BCUT2D eigenvalue weighted by Crippen LogP contribution is 2.25. The molecule has 0 saturated carbocycles. The molecule has 0 bridgehead atoms. The van der Waals surface area contributed by atoms with Crippen molar-refractivity contribution in [1.82, 2.24) is 15.0 Å². The van der Waals surface area contributed by atoms with E-state index >= 15 is 0 Å². The van der Waals surface area contributed by atoms with E-state index in [1.807, 2.05) is 50.2 Å². The maximum Gasteiger partial charge on any atom is 0.152 e. The molecule has 0 unspecified atom stereocenters. The van der Waals surface area contributed by atoms with E-state index in [9.17, 15) is 0 Å². The minimum atomic E-state index is 0.783. The maximum absolute atomic E-state index is 4.67. The van der Waals surface area contributed by atoms with Crippen molar-refractivity contribution in [3.63, 3.8) is 0 Å². The zero-order valence-corrected chi connectivity index (χ0v) is 14.3. The van der Waals surface area contributed by atoms with Crippen molar-refractivity contribution in [2.45, 2.75) is 13.8 Å². The molecule has 0 aliphatic rings. The molecule has 2 aromatic heterocycles. The number of rotatable bonds is 3. The van der Waals surface area contributed by atoms with Gasteiger partial charge in [-0.15, -0.1) is 11.3 Å². The summed E-state index contributed by atoms with van der Waals surface area (Å²) in [5.74, 6) is 0.783. The van der Waals surface area contributed by atoms with Gasteiger partial charge in [0, 0.05) is 16.6 Å². The van der Waals surface area contributed by atoms with Crippen LogP contribution >= 0.6 is 11.3 Å². The van der Waals surface area contributed by atoms with Crippen LogP contribution in [0.1, 0.15) is 10.7 Å². The molecule has 2 heterocycles. The second kappa shape index (κ2) is 6.02. The Hall–Kier alpha value is -2.79. The predicted molar refractivity (Wildman–Crippen MR) is 99.8 cm³/mol. The van der Waals surface area contributed by atoms with Gasteiger partial charge in [0.2, 0.25) is 0 Å². The van der Waals surface area contributed by atoms with Gasteiger partial charge in [-0.2, -0.15) is 0 Å². The predicted octanol–water partition coefficient (Wildman–Crippen LogP) is 5.11. The molecule has 24 heavy (non-hydrogen) atoms. The van der Waals surface area contributed by atoms with Crippen molar-refractivity contribution in [2.24, 2.45) is 0 Å². The minimum Gasteiger partial charge on any atom is -0.339 e. The number of nitrogens with zero attached hydrogens (tertiary/aromatic N) is 3. The van der Waals surface area contributed by atoms with Gasteiger partial charge in [-0.3, -0.25) is 0 Å². The van der Waals surface area contributed by atoms with E-state index < -0.39 is 0 Å². The number of hydrogen-bond donors (Lipinski definition) is 1. The normalized spacial score (nSPS) is 10.9. The summed E-state index contributed by atoms with van der Waals surface area (Å²) in [4.78, 5) is 13.8. The molecule has 0 amide bonds. The zero-order valence-electron chi connectivity index (χ0n) is 13.4. The van der Waals surface area contributed by atoms with Crippen LogP contribution in [0.15, 0.2) is 53.9 Å². The maximum atomic E-state index is 4.67. The van der Waals surface area contributed by atoms with Crippen LogP contribution < -0.4 is 5.32 Å². The van der Waals surface area contributed by atoms with Crippen LogP contribution in [0, 0.1) is 13.8 Å². The lowest BCUT2D eigenvalue weighted by Crippen LogP contribution is -1.99. The Balaban J connectivity index is 1.62. The standard InChI is InChI=1S/C19H16N4S/c1-12-19(23-17-6-4-3-5-16(17)20-12)22-15-9-7-14(8-10-15)18-11-24-13(2)21-18/h3-11H,1-2H3,(H,22,23). The quantitative estimate of drug-likeness (QED) is 0.566. The molecule has 5 heteroatoms. The molecule has 1 N–H and O–H groups in total. The van der Waals surface area contributed by atoms with Gasteiger partial charge in [0.1, 0.15) is 0 Å². The summed E-state index contributed by atoms with van der Waals surface area (Å²) in [5.41, 5.74) is 5.80. The molecule has 0 spiro atoms. The summed E-state index contributed by atoms with van der Waals surface area (Å²) >= 11 is 1.66. The first kappa shape index (κ1) is 14.8. The highest BCUT2D eigenvalue weighted by Gasteiger charge is 2.06. The topological polar surface area (TPSA) is 50.7 Å². The van der Waals surface area contributed by atoms with Gasteiger partial charge in [-0.1, -0.05) is 24.3 Å². The van der Waals surface area contributed by atoms with E-state index in [0.717, 1.165) is 44.5 Å². The first-order valence-electron chi connectivity index (χ1n) is 7.72. The SMILES string of the molecule is Cc1nc(-c2ccc(Nc3nc4ccccc4nc3C)cc2)cs1. The molecule has 2 aromatic carbocycles. The molecule has 0 aliphatic carbocycles. The molecule has 4 rings (SSSR count). The Morgan fingerprint density at radius 3 is 2.21 bits per heavy atom. The summed E-state index contributed by atoms with van der Waals surface area (Å²) in [7, 11) is 0. The van der Waals surface area contributed by atoms with Gasteiger partial charge >= 0.3 is 0 Å². The largest absolute Gasteiger partial charge is 0.339 e. The lowest BCUT2D eigenvalue weighted by molar-refractivity contribution is 1.18. The third-order valence-electron chi connectivity index (χ3n) is 3.81. The first-order valence-corrected chi connectivity index (χ1v) is 8.60. The van der Waals surface area contributed by atoms with Crippen LogP contribution in [-0.4, -0.2) is 15.0 Å². The van der Waals surface area contributed by atoms with Crippen LogP contribution in [0.25, 0.3) is 22.3 Å². The molecule has 0 fully saturated rings. The van der Waals surface area contributed by atoms with Crippen molar-refractivity contribution >= 4 is 33.9 Å². The van der Waals surface area contributed by atoms with Crippen molar-refractivity contribution in [3.8, 4) is 11.3 Å². The van der Waals surface area contributed by atoms with Gasteiger partial charge in [-0.25, -0.2) is 15.0 Å². The number of anilines is 2. The monoisotopic (exact) mass is 332 g/mol. The summed E-state index contributed by atoms with van der Waals surface area (Å²) in [6.07, 6.45) is 0. The zero-order chi connectivity index (χ0) is 16.5. The number of benzene rings is 2. The van der Waals surface area contributed by atoms with E-state index in [-0.39, 0.29) is 0 Å². The number of para-hydroxylation sites is 2. The van der Waals surface area contributed by atoms with Crippen LogP contribution in [-0.2, 0) is 0 Å². The van der Waals surface area contributed by atoms with Crippen molar-refractivity contribution < 1.29 is 0 Å². The van der Waals surface area contributed by atoms with Gasteiger partial charge in [0.05, 0.1) is 27.4 Å². The number of thiazole rings is 1. The highest BCUT2D eigenvalue weighted by molar-refractivity contribution is 7.09. The van der Waals surface area contributed by atoms with Crippen LogP contribution in [0.2, 0.25) is 0 Å². The second-order valence-corrected chi connectivity index (χ2v) is 6.66. The fourth-order valence-corrected chi connectivity index (χ4v) is 3.19. The van der Waals surface area contributed by atoms with Crippen LogP contribution in [0.4, 0.5) is 11.5 Å². The third-order valence-corrected chi connectivity index (χ3v) is 4.58. The van der Waals surface area contributed by atoms with E-state index in [1.54, 1.807) is 11.3 Å². The molecular formula is C19H16N4S. The van der Waals surface area contributed by atoms with Gasteiger partial charge in [0.25, 0.3) is 0 Å². The number of aryl methyl sites for hydroxylation is 2. The summed E-state index contributed by atoms with van der Waals surface area (Å²) in [5, 5.41) is 6.51. The molecular weight excluding hydrogens is 316 g/mol. The lowest BCUT2D eigenvalue weighted by atomic mass is 10.1. The van der Waals surface area contributed by atoms with E-state index in [1.165, 1.54) is 0 Å². The summed E-state index contributed by atoms with van der Waals surface area (Å²) in [6, 6.07) is 16.1. The fourth-order valence-electron chi connectivity index (χ4n) is 2.56. The Bertz CT molecular complexity index is 1010. The van der Waals surface area contributed by atoms with Crippen LogP contribution in [0.5, 0.6) is 0 Å². The van der Waals surface area contributed by atoms with Crippen molar-refractivity contribution in [3.05, 3.63) is 64.6 Å². The summed E-state index contributed by atoms with van der Waals surface area (Å²) < 4.78 is 0. The molecule has 0 saturated heterocycles. The second-order valence-electron chi connectivity index (χ2n) is 5.60. The van der Waals surface area contributed by atoms with Crippen molar-refractivity contribution in [1.29, 1.82) is 0 Å². The molecule has 0 aliphatic heterocycles. The average molecular weight is 332 g/mol. The molecule has 4 aromatic rings. The van der Waals surface area contributed by atoms with Gasteiger partial charge < -0.3 is 5.32 Å². The van der Waals surface area contributed by atoms with Gasteiger partial charge in [0.15, 0.2) is 5.82 Å². The number of hydrogen-bond acceptors (Lipinski definition) is 5. The molecule has 0 atom stereocenters. The number of aromatic nitrogens is 3. The number of nitrogens with one attached hydrogen (secondary N) is 1. The minimum absolute atomic E-state index is 0.783. The number of fused-ring (bicyclic) bond motifs is 1. The molecule has 118 valence electrons. The first-order chi connectivity index (χ1) is 11.7. The lowest BCUT2D eigenvalue weighted by Gasteiger charge is -2.10. The van der Waals surface area contributed by atoms with E-state index in [0.29, 0.717) is 0 Å². The Morgan fingerprint density at radius 1 is 0.833 bits per heavy atom.